The highest BCUT2D eigenvalue weighted by atomic mass is 16.5. The molecule has 3 N–H and O–H groups in total. The Morgan fingerprint density at radius 1 is 1.24 bits per heavy atom. The molecule has 0 saturated heterocycles. The fraction of sp³-hybridized carbons (Fsp3) is 0.273. The van der Waals surface area contributed by atoms with Gasteiger partial charge in [-0.3, -0.25) is 0 Å². The number of amides is 2. The van der Waals surface area contributed by atoms with Crippen LogP contribution in [0.5, 0.6) is 5.75 Å². The monoisotopic (exact) mass is 392 g/mol. The van der Waals surface area contributed by atoms with Crippen molar-refractivity contribution in [1.29, 1.82) is 0 Å². The van der Waals surface area contributed by atoms with Crippen molar-refractivity contribution in [3.8, 4) is 5.75 Å². The van der Waals surface area contributed by atoms with Gasteiger partial charge in [0.25, 0.3) is 0 Å². The smallest absolute Gasteiger partial charge is 0.316 e. The highest BCUT2D eigenvalue weighted by molar-refractivity contribution is 5.76. The second-order valence-electron chi connectivity index (χ2n) is 7.14. The topological polar surface area (TPSA) is 88.4 Å². The van der Waals surface area contributed by atoms with Gasteiger partial charge in [-0.1, -0.05) is 42.5 Å². The first kappa shape index (κ1) is 19.0. The number of hydrogen-bond donors (Lipinski definition) is 3. The number of benzene rings is 2. The standard InChI is InChI=1S/C22H24N4O3/c1-26-12-11-23-21(26)20(16-9-5-6-10-18(16)29-2)25-22(28)24-19-15-8-4-3-7-14(15)13-17(19)27/h3-12,17,19-20,27H,13H2,1-2H3,(H2,24,25,28)/t17-,19+,20?/m1/s1. The lowest BCUT2D eigenvalue weighted by molar-refractivity contribution is 0.142. The Bertz CT molecular complexity index is 1020. The summed E-state index contributed by atoms with van der Waals surface area (Å²) in [4.78, 5) is 17.4. The number of nitrogens with one attached hydrogen (secondary N) is 2. The van der Waals surface area contributed by atoms with Gasteiger partial charge in [0.15, 0.2) is 0 Å². The summed E-state index contributed by atoms with van der Waals surface area (Å²) in [6, 6.07) is 13.9. The number of nitrogens with zero attached hydrogens (tertiary/aromatic N) is 2. The summed E-state index contributed by atoms with van der Waals surface area (Å²) in [6.07, 6.45) is 3.38. The van der Waals surface area contributed by atoms with Crippen LogP contribution in [0.3, 0.4) is 0 Å². The van der Waals surface area contributed by atoms with Gasteiger partial charge in [-0.25, -0.2) is 9.78 Å². The predicted octanol–water partition coefficient (Wildman–Crippen LogP) is 2.48. The maximum absolute atomic E-state index is 12.9. The molecule has 2 aromatic carbocycles. The van der Waals surface area contributed by atoms with Crippen molar-refractivity contribution in [3.63, 3.8) is 0 Å². The fourth-order valence-corrected chi connectivity index (χ4v) is 3.90. The third-order valence-electron chi connectivity index (χ3n) is 5.33. The summed E-state index contributed by atoms with van der Waals surface area (Å²) >= 11 is 0. The molecule has 0 saturated carbocycles. The van der Waals surface area contributed by atoms with Crippen molar-refractivity contribution < 1.29 is 14.6 Å². The Hall–Kier alpha value is -3.32. The van der Waals surface area contributed by atoms with E-state index in [0.717, 1.165) is 16.7 Å². The number of rotatable bonds is 5. The second kappa shape index (κ2) is 7.97. The Morgan fingerprint density at radius 2 is 2.00 bits per heavy atom. The number of carbonyl (C=O) groups is 1. The number of aliphatic hydroxyl groups is 1. The lowest BCUT2D eigenvalue weighted by atomic mass is 10.0. The van der Waals surface area contributed by atoms with Crippen LogP contribution < -0.4 is 15.4 Å². The summed E-state index contributed by atoms with van der Waals surface area (Å²) in [5.41, 5.74) is 2.79. The molecule has 2 amide bonds. The number of ether oxygens (including phenoxy) is 1. The molecule has 150 valence electrons. The Balaban J connectivity index is 1.60. The van der Waals surface area contributed by atoms with Crippen molar-refractivity contribution in [2.24, 2.45) is 7.05 Å². The van der Waals surface area contributed by atoms with Crippen molar-refractivity contribution in [1.82, 2.24) is 20.2 Å². The number of urea groups is 1. The molecule has 29 heavy (non-hydrogen) atoms. The number of hydrogen-bond acceptors (Lipinski definition) is 4. The minimum Gasteiger partial charge on any atom is -0.496 e. The van der Waals surface area contributed by atoms with E-state index in [9.17, 15) is 9.90 Å². The van der Waals surface area contributed by atoms with Crippen LogP contribution in [0, 0.1) is 0 Å². The quantitative estimate of drug-likeness (QED) is 0.622. The molecular weight excluding hydrogens is 368 g/mol. The molecule has 0 fully saturated rings. The number of carbonyl (C=O) groups excluding carboxylic acids is 1. The largest absolute Gasteiger partial charge is 0.496 e. The average Bonchev–Trinajstić information content (AvgIpc) is 3.29. The number of imidazole rings is 1. The Labute approximate surface area is 169 Å². The molecule has 7 heteroatoms. The van der Waals surface area contributed by atoms with E-state index in [1.165, 1.54) is 0 Å². The maximum atomic E-state index is 12.9. The summed E-state index contributed by atoms with van der Waals surface area (Å²) in [7, 11) is 3.47. The van der Waals surface area contributed by atoms with Crippen molar-refractivity contribution in [2.45, 2.75) is 24.6 Å². The highest BCUT2D eigenvalue weighted by Crippen LogP contribution is 2.32. The number of fused-ring (bicyclic) bond motifs is 1. The van der Waals surface area contributed by atoms with Crippen molar-refractivity contribution >= 4 is 6.03 Å². The van der Waals surface area contributed by atoms with Gasteiger partial charge in [-0.15, -0.1) is 0 Å². The van der Waals surface area contributed by atoms with Crippen LogP contribution >= 0.6 is 0 Å². The minimum absolute atomic E-state index is 0.385. The van der Waals surface area contributed by atoms with E-state index in [4.69, 9.17) is 4.74 Å². The molecule has 7 nitrogen and oxygen atoms in total. The van der Waals surface area contributed by atoms with Gasteiger partial charge in [-0.2, -0.15) is 0 Å². The van der Waals surface area contributed by atoms with Crippen LogP contribution in [0.15, 0.2) is 60.9 Å². The number of para-hydroxylation sites is 1. The zero-order chi connectivity index (χ0) is 20.4. The molecule has 1 aliphatic rings. The van der Waals surface area contributed by atoms with E-state index in [1.807, 2.05) is 66.3 Å². The molecule has 1 aromatic heterocycles. The predicted molar refractivity (Wildman–Crippen MR) is 109 cm³/mol. The van der Waals surface area contributed by atoms with Crippen LogP contribution in [-0.4, -0.2) is 33.9 Å². The van der Waals surface area contributed by atoms with Gasteiger partial charge in [0.2, 0.25) is 0 Å². The van der Waals surface area contributed by atoms with Crippen molar-refractivity contribution in [2.75, 3.05) is 7.11 Å². The Kier molecular flexibility index (Phi) is 5.22. The average molecular weight is 392 g/mol. The van der Waals surface area contributed by atoms with Gasteiger partial charge in [0.1, 0.15) is 17.6 Å². The van der Waals surface area contributed by atoms with Crippen LogP contribution in [-0.2, 0) is 13.5 Å². The van der Waals surface area contributed by atoms with Gasteiger partial charge < -0.3 is 25.0 Å². The summed E-state index contributed by atoms with van der Waals surface area (Å²) in [6.45, 7) is 0. The molecule has 1 heterocycles. The lowest BCUT2D eigenvalue weighted by Gasteiger charge is -2.24. The first-order valence-electron chi connectivity index (χ1n) is 9.51. The summed E-state index contributed by atoms with van der Waals surface area (Å²) < 4.78 is 7.35. The molecule has 4 rings (SSSR count). The number of methoxy groups -OCH3 is 1. The SMILES string of the molecule is COc1ccccc1C(NC(=O)N[C@H]1c2ccccc2C[C@H]1O)c1nccn1C. The first-order chi connectivity index (χ1) is 14.1. The summed E-state index contributed by atoms with van der Waals surface area (Å²) in [5.74, 6) is 1.34. The third-order valence-corrected chi connectivity index (χ3v) is 5.33. The van der Waals surface area contributed by atoms with E-state index in [1.54, 1.807) is 13.3 Å². The molecule has 1 unspecified atom stereocenters. The van der Waals surface area contributed by atoms with E-state index >= 15 is 0 Å². The minimum atomic E-state index is -0.656. The van der Waals surface area contributed by atoms with E-state index in [2.05, 4.69) is 15.6 Å². The molecule has 0 radical (unpaired) electrons. The fourth-order valence-electron chi connectivity index (χ4n) is 3.90. The van der Waals surface area contributed by atoms with Gasteiger partial charge in [0, 0.05) is 31.4 Å². The number of aromatic nitrogens is 2. The Morgan fingerprint density at radius 3 is 2.76 bits per heavy atom. The lowest BCUT2D eigenvalue weighted by Crippen LogP contribution is -2.43. The van der Waals surface area contributed by atoms with Gasteiger partial charge >= 0.3 is 6.03 Å². The number of aryl methyl sites for hydroxylation is 1. The van der Waals surface area contributed by atoms with Crippen LogP contribution in [0.1, 0.15) is 34.6 Å². The second-order valence-corrected chi connectivity index (χ2v) is 7.14. The molecule has 0 bridgehead atoms. The van der Waals surface area contributed by atoms with E-state index in [-0.39, 0.29) is 6.03 Å². The molecular formula is C22H24N4O3. The van der Waals surface area contributed by atoms with Gasteiger partial charge in [0.05, 0.1) is 19.3 Å². The highest BCUT2D eigenvalue weighted by Gasteiger charge is 2.33. The molecule has 3 atom stereocenters. The molecule has 0 aliphatic heterocycles. The van der Waals surface area contributed by atoms with E-state index in [0.29, 0.717) is 18.0 Å². The normalized spacial score (nSPS) is 18.7. The van der Waals surface area contributed by atoms with E-state index < -0.39 is 18.2 Å². The molecule has 0 spiro atoms. The molecule has 1 aliphatic carbocycles. The zero-order valence-electron chi connectivity index (χ0n) is 16.4. The zero-order valence-corrected chi connectivity index (χ0v) is 16.4. The van der Waals surface area contributed by atoms with Crippen LogP contribution in [0.4, 0.5) is 4.79 Å². The number of aliphatic hydroxyl groups excluding tert-OH is 1. The van der Waals surface area contributed by atoms with Crippen molar-refractivity contribution in [3.05, 3.63) is 83.4 Å². The summed E-state index contributed by atoms with van der Waals surface area (Å²) in [5, 5.41) is 16.4. The van der Waals surface area contributed by atoms with Gasteiger partial charge in [-0.05, 0) is 17.2 Å². The van der Waals surface area contributed by atoms with Crippen LogP contribution in [0.25, 0.3) is 0 Å². The van der Waals surface area contributed by atoms with Crippen LogP contribution in [0.2, 0.25) is 0 Å². The molecule has 3 aromatic rings. The maximum Gasteiger partial charge on any atom is 0.316 e. The first-order valence-corrected chi connectivity index (χ1v) is 9.51. The third kappa shape index (κ3) is 3.69.